The van der Waals surface area contributed by atoms with Gasteiger partial charge in [-0.3, -0.25) is 4.79 Å². The molecule has 0 saturated carbocycles. The number of allylic oxidation sites excluding steroid dienone is 2. The van der Waals surface area contributed by atoms with Gasteiger partial charge in [0.15, 0.2) is 5.78 Å². The molecule has 0 atom stereocenters. The van der Waals surface area contributed by atoms with Crippen LogP contribution in [-0.2, 0) is 24.9 Å². The maximum absolute atomic E-state index is 14.0. The van der Waals surface area contributed by atoms with Crippen molar-refractivity contribution in [3.05, 3.63) is 89.1 Å². The molecule has 4 aromatic rings. The summed E-state index contributed by atoms with van der Waals surface area (Å²) in [6, 6.07) is 18.5. The number of aromatic nitrogens is 1. The molecule has 4 rings (SSSR count). The average molecular weight is 719 g/mol. The summed E-state index contributed by atoms with van der Waals surface area (Å²) in [6.07, 6.45) is 5.25. The Bertz CT molecular complexity index is 1470. The number of benzene rings is 3. The number of ketones is 1. The van der Waals surface area contributed by atoms with Gasteiger partial charge in [-0.15, -0.1) is 34.9 Å². The van der Waals surface area contributed by atoms with E-state index in [1.54, 1.807) is 19.2 Å². The number of hydrogen-bond acceptors (Lipinski definition) is 3. The summed E-state index contributed by atoms with van der Waals surface area (Å²) in [4.78, 5) is 16.6. The first-order valence-corrected chi connectivity index (χ1v) is 14.1. The van der Waals surface area contributed by atoms with Crippen LogP contribution in [0.5, 0.6) is 0 Å². The molecule has 1 aromatic heterocycles. The van der Waals surface area contributed by atoms with E-state index in [2.05, 4.69) is 30.1 Å². The van der Waals surface area contributed by atoms with Gasteiger partial charge in [-0.25, -0.2) is 4.39 Å². The zero-order valence-corrected chi connectivity index (χ0v) is 27.1. The zero-order chi connectivity index (χ0) is 28.7. The average Bonchev–Trinajstić information content (AvgIpc) is 2.93. The molecule has 0 fully saturated rings. The zero-order valence-electron chi connectivity index (χ0n) is 24.7. The van der Waals surface area contributed by atoms with E-state index in [1.165, 1.54) is 11.6 Å². The van der Waals surface area contributed by atoms with E-state index in [9.17, 15) is 14.3 Å². The minimum Gasteiger partial charge on any atom is -0.512 e. The number of carbonyl (C=O) groups excluding carboxylic acids is 1. The van der Waals surface area contributed by atoms with Crippen LogP contribution >= 0.6 is 0 Å². The van der Waals surface area contributed by atoms with E-state index in [1.807, 2.05) is 58.9 Å². The molecule has 0 amide bonds. The maximum Gasteiger partial charge on any atom is 0.164 e. The van der Waals surface area contributed by atoms with Crippen LogP contribution < -0.4 is 0 Å². The Morgan fingerprint density at radius 3 is 2.08 bits per heavy atom. The third kappa shape index (κ3) is 7.44. The number of pyridine rings is 1. The summed E-state index contributed by atoms with van der Waals surface area (Å²) in [5.74, 6) is 0.437. The molecule has 3 nitrogen and oxygen atoms in total. The summed E-state index contributed by atoms with van der Waals surface area (Å²) >= 11 is 0. The van der Waals surface area contributed by atoms with Crippen molar-refractivity contribution in [3.8, 4) is 11.3 Å². The van der Waals surface area contributed by atoms with Crippen LogP contribution in [0.4, 0.5) is 4.39 Å². The van der Waals surface area contributed by atoms with E-state index in [-0.39, 0.29) is 43.5 Å². The number of aryl methyl sites for hydroxylation is 2. The third-order valence-corrected chi connectivity index (χ3v) is 7.64. The quantitative estimate of drug-likeness (QED) is 0.0855. The number of rotatable bonds is 8. The van der Waals surface area contributed by atoms with Crippen molar-refractivity contribution in [2.45, 2.75) is 74.1 Å². The summed E-state index contributed by atoms with van der Waals surface area (Å²) in [5.41, 5.74) is 4.71. The maximum atomic E-state index is 14.0. The SMILES string of the molecule is CCC(CC)C(=O)/C(C)=C(\O)C(CC)CC.Cc1[c-]c(-c2nccc3c2ccc2c(F)cccc23)cc(C)c1.[Ir]. The van der Waals surface area contributed by atoms with Crippen molar-refractivity contribution in [1.29, 1.82) is 0 Å². The molecule has 1 heterocycles. The molecule has 40 heavy (non-hydrogen) atoms. The molecule has 5 heteroatoms. The molecular formula is C35H41FIrNO2-. The Hall–Kier alpha value is -2.88. The molecule has 3 aromatic carbocycles. The minimum atomic E-state index is -0.194. The standard InChI is InChI=1S/C21H15FN.C14H26O2.Ir/c1-13-10-14(2)12-15(11-13)21-19-7-6-18-16(4-3-5-20(18)22)17(19)8-9-23-21;1-6-11(7-2)13(15)10(5)14(16)12(8-3)9-4;/h3-11H,1-2H3;11-12,15H,6-9H2,1-5H3;/q-1;;/b;13-10-;. The van der Waals surface area contributed by atoms with Gasteiger partial charge in [0, 0.05) is 49.1 Å². The normalized spacial score (nSPS) is 11.8. The van der Waals surface area contributed by atoms with Crippen molar-refractivity contribution < 1.29 is 34.4 Å². The molecule has 1 radical (unpaired) electrons. The van der Waals surface area contributed by atoms with Crippen LogP contribution in [0, 0.1) is 37.6 Å². The van der Waals surface area contributed by atoms with Gasteiger partial charge in [0.1, 0.15) is 11.6 Å². The van der Waals surface area contributed by atoms with E-state index in [0.29, 0.717) is 16.7 Å². The molecule has 0 unspecified atom stereocenters. The summed E-state index contributed by atoms with van der Waals surface area (Å²) in [7, 11) is 0. The van der Waals surface area contributed by atoms with E-state index in [0.717, 1.165) is 58.7 Å². The van der Waals surface area contributed by atoms with E-state index < -0.39 is 0 Å². The van der Waals surface area contributed by atoms with Crippen LogP contribution in [0.25, 0.3) is 32.8 Å². The number of Topliss-reactive ketones (excluding diaryl/α,β-unsaturated/α-hetero) is 1. The number of nitrogens with zero attached hydrogens (tertiary/aromatic N) is 1. The van der Waals surface area contributed by atoms with E-state index in [4.69, 9.17) is 0 Å². The summed E-state index contributed by atoms with van der Waals surface area (Å²) < 4.78 is 14.0. The number of hydrogen-bond donors (Lipinski definition) is 1. The van der Waals surface area contributed by atoms with Crippen LogP contribution in [0.2, 0.25) is 0 Å². The van der Waals surface area contributed by atoms with Gasteiger partial charge in [0.05, 0.1) is 0 Å². The second-order valence-electron chi connectivity index (χ2n) is 10.3. The second-order valence-corrected chi connectivity index (χ2v) is 10.3. The Labute approximate surface area is 252 Å². The molecule has 0 bridgehead atoms. The van der Waals surface area contributed by atoms with Crippen molar-refractivity contribution >= 4 is 27.3 Å². The smallest absolute Gasteiger partial charge is 0.164 e. The van der Waals surface area contributed by atoms with Crippen molar-refractivity contribution in [3.63, 3.8) is 0 Å². The fourth-order valence-corrected chi connectivity index (χ4v) is 5.30. The second kappa shape index (κ2) is 15.2. The Morgan fingerprint density at radius 2 is 1.48 bits per heavy atom. The molecule has 0 aliphatic carbocycles. The van der Waals surface area contributed by atoms with Gasteiger partial charge in [-0.05, 0) is 66.6 Å². The number of aliphatic hydroxyl groups is 1. The fourth-order valence-electron chi connectivity index (χ4n) is 5.30. The van der Waals surface area contributed by atoms with Gasteiger partial charge in [-0.2, -0.15) is 0 Å². The first kappa shape index (κ1) is 33.3. The number of carbonyl (C=O) groups is 1. The first-order chi connectivity index (χ1) is 18.7. The molecular weight excluding hydrogens is 678 g/mol. The molecule has 0 saturated heterocycles. The van der Waals surface area contributed by atoms with Gasteiger partial charge >= 0.3 is 0 Å². The van der Waals surface area contributed by atoms with Gasteiger partial charge in [0.25, 0.3) is 0 Å². The molecule has 1 N–H and O–H groups in total. The predicted octanol–water partition coefficient (Wildman–Crippen LogP) is 9.87. The van der Waals surface area contributed by atoms with Crippen LogP contribution in [0.1, 0.15) is 71.4 Å². The third-order valence-electron chi connectivity index (χ3n) is 7.64. The largest absolute Gasteiger partial charge is 0.512 e. The molecule has 0 aliphatic heterocycles. The van der Waals surface area contributed by atoms with Gasteiger partial charge in [0.2, 0.25) is 0 Å². The Kier molecular flexibility index (Phi) is 12.7. The van der Waals surface area contributed by atoms with Gasteiger partial charge in [-0.1, -0.05) is 65.8 Å². The molecule has 0 spiro atoms. The van der Waals surface area contributed by atoms with Crippen LogP contribution in [0.15, 0.2) is 66.1 Å². The number of halogens is 1. The first-order valence-electron chi connectivity index (χ1n) is 14.1. The molecule has 215 valence electrons. The van der Waals surface area contributed by atoms with E-state index >= 15 is 0 Å². The summed E-state index contributed by atoms with van der Waals surface area (Å²) in [6.45, 7) is 14.0. The molecule has 0 aliphatic rings. The van der Waals surface area contributed by atoms with Crippen LogP contribution in [0.3, 0.4) is 0 Å². The topological polar surface area (TPSA) is 50.2 Å². The minimum absolute atomic E-state index is 0. The Morgan fingerprint density at radius 1 is 0.875 bits per heavy atom. The van der Waals surface area contributed by atoms with Crippen molar-refractivity contribution in [2.75, 3.05) is 0 Å². The number of fused-ring (bicyclic) bond motifs is 3. The summed E-state index contributed by atoms with van der Waals surface area (Å²) in [5, 5.41) is 13.6. The fraction of sp³-hybridized carbons (Fsp3) is 0.371. The predicted molar refractivity (Wildman–Crippen MR) is 161 cm³/mol. The number of aliphatic hydroxyl groups excluding tert-OH is 1. The van der Waals surface area contributed by atoms with Gasteiger partial charge < -0.3 is 10.1 Å². The Balaban J connectivity index is 0.000000294. The van der Waals surface area contributed by atoms with Crippen molar-refractivity contribution in [2.24, 2.45) is 11.8 Å². The van der Waals surface area contributed by atoms with Crippen LogP contribution in [-0.4, -0.2) is 15.9 Å². The monoisotopic (exact) mass is 719 g/mol. The van der Waals surface area contributed by atoms with Crippen molar-refractivity contribution in [1.82, 2.24) is 4.98 Å².